The van der Waals surface area contributed by atoms with Crippen molar-refractivity contribution in [2.24, 2.45) is 0 Å². The number of benzene rings is 2. The molecule has 0 aromatic heterocycles. The van der Waals surface area contributed by atoms with Crippen molar-refractivity contribution in [3.63, 3.8) is 0 Å². The number of carbonyl (C=O) groups is 1. The Kier molecular flexibility index (Phi) is 6.88. The average molecular weight is 378 g/mol. The summed E-state index contributed by atoms with van der Waals surface area (Å²) in [5, 5.41) is 2.73. The van der Waals surface area contributed by atoms with E-state index in [0.29, 0.717) is 17.7 Å². The maximum atomic E-state index is 13.5. The van der Waals surface area contributed by atoms with Crippen LogP contribution in [-0.2, 0) is 33.5 Å². The first kappa shape index (κ1) is 20.1. The highest BCUT2D eigenvalue weighted by molar-refractivity contribution is 7.88. The fourth-order valence-electron chi connectivity index (χ4n) is 2.45. The molecule has 1 amide bonds. The molecule has 2 aromatic carbocycles. The fourth-order valence-corrected chi connectivity index (χ4v) is 3.88. The van der Waals surface area contributed by atoms with Crippen LogP contribution in [0.1, 0.15) is 30.5 Å². The summed E-state index contributed by atoms with van der Waals surface area (Å²) in [5.74, 6) is -0.767. The molecule has 0 unspecified atom stereocenters. The number of carbonyl (C=O) groups excluding carboxylic acids is 1. The van der Waals surface area contributed by atoms with E-state index in [9.17, 15) is 17.6 Å². The number of hydrogen-bond acceptors (Lipinski definition) is 3. The molecule has 2 aromatic rings. The summed E-state index contributed by atoms with van der Waals surface area (Å²) in [4.78, 5) is 11.9. The molecule has 26 heavy (non-hydrogen) atoms. The molecule has 0 spiro atoms. The van der Waals surface area contributed by atoms with E-state index in [1.54, 1.807) is 56.3 Å². The van der Waals surface area contributed by atoms with Gasteiger partial charge in [0, 0.05) is 12.6 Å². The Hall–Kier alpha value is -2.25. The van der Waals surface area contributed by atoms with Crippen LogP contribution in [0.25, 0.3) is 0 Å². The number of hydrogen-bond donors (Lipinski definition) is 2. The normalized spacial score (nSPS) is 11.5. The van der Waals surface area contributed by atoms with E-state index in [2.05, 4.69) is 10.0 Å². The van der Waals surface area contributed by atoms with Crippen LogP contribution in [0.15, 0.2) is 48.5 Å². The van der Waals surface area contributed by atoms with E-state index >= 15 is 0 Å². The lowest BCUT2D eigenvalue weighted by atomic mass is 10.1. The molecule has 0 saturated carbocycles. The molecule has 0 bridgehead atoms. The summed E-state index contributed by atoms with van der Waals surface area (Å²) in [6, 6.07) is 13.0. The third-order valence-corrected chi connectivity index (χ3v) is 5.14. The molecule has 0 aliphatic heterocycles. The first-order valence-corrected chi connectivity index (χ1v) is 9.98. The number of halogens is 1. The summed E-state index contributed by atoms with van der Waals surface area (Å²) in [6.07, 6.45) is -0.0239. The first-order valence-electron chi connectivity index (χ1n) is 8.33. The van der Waals surface area contributed by atoms with Gasteiger partial charge in [0.15, 0.2) is 0 Å². The Bertz CT molecular complexity index is 849. The van der Waals surface area contributed by atoms with Crippen LogP contribution in [-0.4, -0.2) is 20.4 Å². The summed E-state index contributed by atoms with van der Waals surface area (Å²) in [7, 11) is -3.37. The van der Waals surface area contributed by atoms with E-state index in [1.165, 1.54) is 6.07 Å². The van der Waals surface area contributed by atoms with Gasteiger partial charge < -0.3 is 5.32 Å². The molecule has 0 heterocycles. The van der Waals surface area contributed by atoms with E-state index in [1.807, 2.05) is 0 Å². The lowest BCUT2D eigenvalue weighted by molar-refractivity contribution is -0.120. The minimum absolute atomic E-state index is 0.0239. The predicted molar refractivity (Wildman–Crippen MR) is 99.3 cm³/mol. The van der Waals surface area contributed by atoms with Gasteiger partial charge >= 0.3 is 0 Å². The lowest BCUT2D eigenvalue weighted by Gasteiger charge is -2.10. The smallest absolute Gasteiger partial charge is 0.224 e. The van der Waals surface area contributed by atoms with Crippen LogP contribution in [0.5, 0.6) is 0 Å². The maximum Gasteiger partial charge on any atom is 0.224 e. The van der Waals surface area contributed by atoms with Gasteiger partial charge in [0.05, 0.1) is 12.2 Å². The van der Waals surface area contributed by atoms with E-state index in [0.717, 1.165) is 5.56 Å². The van der Waals surface area contributed by atoms with Gasteiger partial charge in [-0.15, -0.1) is 0 Å². The first-order chi connectivity index (χ1) is 12.2. The molecule has 0 atom stereocenters. The van der Waals surface area contributed by atoms with Crippen LogP contribution >= 0.6 is 0 Å². The zero-order valence-corrected chi connectivity index (χ0v) is 15.6. The SMILES string of the molecule is CC(C)NS(=O)(=O)Cc1ccc(CNC(=O)Cc2ccccc2F)cc1. The Morgan fingerprint density at radius 2 is 1.65 bits per heavy atom. The highest BCUT2D eigenvalue weighted by Gasteiger charge is 2.13. The van der Waals surface area contributed by atoms with E-state index in [-0.39, 0.29) is 24.1 Å². The van der Waals surface area contributed by atoms with Gasteiger partial charge in [0.1, 0.15) is 5.82 Å². The van der Waals surface area contributed by atoms with Gasteiger partial charge in [-0.1, -0.05) is 42.5 Å². The van der Waals surface area contributed by atoms with Gasteiger partial charge in [0.2, 0.25) is 15.9 Å². The number of amides is 1. The Labute approximate surface area is 153 Å². The molecule has 5 nitrogen and oxygen atoms in total. The van der Waals surface area contributed by atoms with Crippen LogP contribution < -0.4 is 10.0 Å². The monoisotopic (exact) mass is 378 g/mol. The summed E-state index contributed by atoms with van der Waals surface area (Å²) in [6.45, 7) is 3.83. The second-order valence-corrected chi connectivity index (χ2v) is 8.15. The molecule has 2 rings (SSSR count). The van der Waals surface area contributed by atoms with Crippen molar-refractivity contribution in [3.05, 3.63) is 71.0 Å². The molecule has 0 radical (unpaired) electrons. The number of rotatable bonds is 8. The standard InChI is InChI=1S/C19H23FN2O3S/c1-14(2)22-26(24,25)13-16-9-7-15(8-10-16)12-21-19(23)11-17-5-3-4-6-18(17)20/h3-10,14,22H,11-13H2,1-2H3,(H,21,23). The van der Waals surface area contributed by atoms with Crippen molar-refractivity contribution in [1.82, 2.24) is 10.0 Å². The zero-order chi connectivity index (χ0) is 19.2. The van der Waals surface area contributed by atoms with Crippen molar-refractivity contribution in [1.29, 1.82) is 0 Å². The van der Waals surface area contributed by atoms with Crippen LogP contribution in [0.4, 0.5) is 4.39 Å². The van der Waals surface area contributed by atoms with Crippen molar-refractivity contribution in [3.8, 4) is 0 Å². The van der Waals surface area contributed by atoms with Gasteiger partial charge in [-0.3, -0.25) is 4.79 Å². The van der Waals surface area contributed by atoms with E-state index < -0.39 is 15.8 Å². The summed E-state index contributed by atoms with van der Waals surface area (Å²) < 4.78 is 39.9. The van der Waals surface area contributed by atoms with Gasteiger partial charge in [-0.2, -0.15) is 0 Å². The molecule has 0 aliphatic carbocycles. The van der Waals surface area contributed by atoms with Gasteiger partial charge in [0.25, 0.3) is 0 Å². The quantitative estimate of drug-likeness (QED) is 0.741. The van der Waals surface area contributed by atoms with E-state index in [4.69, 9.17) is 0 Å². The maximum absolute atomic E-state index is 13.5. The minimum atomic E-state index is -3.37. The Balaban J connectivity index is 1.87. The predicted octanol–water partition coefficient (Wildman–Crippen LogP) is 2.51. The van der Waals surface area contributed by atoms with Crippen LogP contribution in [0.3, 0.4) is 0 Å². The molecular formula is C19H23FN2O3S. The molecule has 2 N–H and O–H groups in total. The largest absolute Gasteiger partial charge is 0.352 e. The number of sulfonamides is 1. The molecule has 0 fully saturated rings. The topological polar surface area (TPSA) is 75.3 Å². The molecule has 0 aliphatic rings. The fraction of sp³-hybridized carbons (Fsp3) is 0.316. The molecule has 140 valence electrons. The van der Waals surface area contributed by atoms with Crippen molar-refractivity contribution in [2.45, 2.75) is 38.6 Å². The second-order valence-electron chi connectivity index (χ2n) is 6.39. The Morgan fingerprint density at radius 3 is 2.27 bits per heavy atom. The van der Waals surface area contributed by atoms with Crippen molar-refractivity contribution in [2.75, 3.05) is 0 Å². The molecule has 7 heteroatoms. The minimum Gasteiger partial charge on any atom is -0.352 e. The van der Waals surface area contributed by atoms with Crippen molar-refractivity contribution >= 4 is 15.9 Å². The Morgan fingerprint density at radius 1 is 1.04 bits per heavy atom. The lowest BCUT2D eigenvalue weighted by Crippen LogP contribution is -2.31. The zero-order valence-electron chi connectivity index (χ0n) is 14.8. The number of nitrogens with one attached hydrogen (secondary N) is 2. The highest BCUT2D eigenvalue weighted by Crippen LogP contribution is 2.09. The highest BCUT2D eigenvalue weighted by atomic mass is 32.2. The van der Waals surface area contributed by atoms with Crippen LogP contribution in [0, 0.1) is 5.82 Å². The third-order valence-electron chi connectivity index (χ3n) is 3.59. The van der Waals surface area contributed by atoms with Gasteiger partial charge in [-0.05, 0) is 36.6 Å². The summed E-state index contributed by atoms with van der Waals surface area (Å²) in [5.41, 5.74) is 1.85. The second kappa shape index (κ2) is 8.91. The summed E-state index contributed by atoms with van der Waals surface area (Å²) >= 11 is 0. The van der Waals surface area contributed by atoms with Crippen LogP contribution in [0.2, 0.25) is 0 Å². The molecular weight excluding hydrogens is 355 g/mol. The third kappa shape index (κ3) is 6.57. The van der Waals surface area contributed by atoms with Crippen molar-refractivity contribution < 1.29 is 17.6 Å². The average Bonchev–Trinajstić information content (AvgIpc) is 2.55. The van der Waals surface area contributed by atoms with Gasteiger partial charge in [-0.25, -0.2) is 17.5 Å². The molecule has 0 saturated heterocycles.